The molecule has 2 amide bonds. The number of nitrogens with zero attached hydrogens (tertiary/aromatic N) is 1. The molecule has 1 heterocycles. The first kappa shape index (κ1) is 20.6. The topological polar surface area (TPSA) is 71.1 Å². The van der Waals surface area contributed by atoms with E-state index in [1.807, 2.05) is 6.92 Å². The molecule has 0 spiro atoms. The minimum atomic E-state index is -0.866. The Hall–Kier alpha value is -3.13. The van der Waals surface area contributed by atoms with Crippen molar-refractivity contribution < 1.29 is 18.4 Å². The normalized spacial score (nSPS) is 10.6. The smallest absolute Gasteiger partial charge is 0.313 e. The minimum absolute atomic E-state index is 0.214. The molecule has 1 aromatic heterocycles. The molecule has 3 rings (SSSR count). The van der Waals surface area contributed by atoms with E-state index in [1.165, 1.54) is 35.6 Å². The first-order chi connectivity index (χ1) is 13.8. The molecule has 3 aromatic rings. The Morgan fingerprint density at radius 2 is 1.86 bits per heavy atom. The monoisotopic (exact) mass is 415 g/mol. The molecule has 0 unspecified atom stereocenters. The molecule has 0 fully saturated rings. The van der Waals surface area contributed by atoms with Crippen molar-refractivity contribution >= 4 is 28.8 Å². The lowest BCUT2D eigenvalue weighted by molar-refractivity contribution is -0.136. The predicted octanol–water partition coefficient (Wildman–Crippen LogP) is 4.00. The number of thiazole rings is 1. The van der Waals surface area contributed by atoms with Crippen molar-refractivity contribution in [2.75, 3.05) is 11.9 Å². The minimum Gasteiger partial charge on any atom is -0.347 e. The Morgan fingerprint density at radius 3 is 2.59 bits per heavy atom. The van der Waals surface area contributed by atoms with Crippen LogP contribution in [0, 0.1) is 25.5 Å². The van der Waals surface area contributed by atoms with Crippen molar-refractivity contribution in [1.82, 2.24) is 10.3 Å². The fourth-order valence-electron chi connectivity index (χ4n) is 2.63. The summed E-state index contributed by atoms with van der Waals surface area (Å²) in [5.74, 6) is -2.46. The summed E-state index contributed by atoms with van der Waals surface area (Å²) in [6.45, 7) is 3.68. The van der Waals surface area contributed by atoms with E-state index in [4.69, 9.17) is 0 Å². The van der Waals surface area contributed by atoms with Gasteiger partial charge in [-0.15, -0.1) is 11.3 Å². The van der Waals surface area contributed by atoms with Gasteiger partial charge < -0.3 is 10.6 Å². The lowest BCUT2D eigenvalue weighted by atomic mass is 10.2. The second kappa shape index (κ2) is 8.91. The molecule has 0 saturated carbocycles. The van der Waals surface area contributed by atoms with Crippen molar-refractivity contribution in [3.8, 4) is 10.6 Å². The summed E-state index contributed by atoms with van der Waals surface area (Å²) in [5, 5.41) is 5.60. The second-order valence-corrected chi connectivity index (χ2v) is 7.55. The van der Waals surface area contributed by atoms with Crippen LogP contribution >= 0.6 is 11.3 Å². The van der Waals surface area contributed by atoms with Gasteiger partial charge in [0.05, 0.1) is 5.69 Å². The largest absolute Gasteiger partial charge is 0.347 e. The van der Waals surface area contributed by atoms with E-state index in [1.54, 1.807) is 19.1 Å². The van der Waals surface area contributed by atoms with Gasteiger partial charge in [0, 0.05) is 29.1 Å². The maximum Gasteiger partial charge on any atom is 0.313 e. The van der Waals surface area contributed by atoms with Gasteiger partial charge >= 0.3 is 11.8 Å². The summed E-state index contributed by atoms with van der Waals surface area (Å²) < 4.78 is 26.9. The zero-order valence-electron chi connectivity index (χ0n) is 15.9. The van der Waals surface area contributed by atoms with E-state index < -0.39 is 17.6 Å². The number of benzene rings is 2. The van der Waals surface area contributed by atoms with Crippen molar-refractivity contribution in [3.05, 3.63) is 70.2 Å². The Kier molecular flexibility index (Phi) is 6.33. The van der Waals surface area contributed by atoms with Gasteiger partial charge in [-0.1, -0.05) is 18.2 Å². The molecule has 8 heteroatoms. The highest BCUT2D eigenvalue weighted by atomic mass is 32.1. The number of carbonyl (C=O) groups is 2. The number of aromatic nitrogens is 1. The van der Waals surface area contributed by atoms with Gasteiger partial charge in [-0.05, 0) is 43.7 Å². The first-order valence-electron chi connectivity index (χ1n) is 8.91. The molecular formula is C21H19F2N3O2S. The van der Waals surface area contributed by atoms with E-state index in [0.717, 1.165) is 16.6 Å². The number of anilines is 1. The summed E-state index contributed by atoms with van der Waals surface area (Å²) in [5.41, 5.74) is 2.15. The number of halogens is 2. The van der Waals surface area contributed by atoms with Crippen LogP contribution in [0.15, 0.2) is 42.5 Å². The van der Waals surface area contributed by atoms with Crippen LogP contribution in [0.2, 0.25) is 0 Å². The molecule has 0 atom stereocenters. The summed E-state index contributed by atoms with van der Waals surface area (Å²) in [4.78, 5) is 29.3. The van der Waals surface area contributed by atoms with Crippen molar-refractivity contribution in [3.63, 3.8) is 0 Å². The number of nitrogens with one attached hydrogen (secondary N) is 2. The van der Waals surface area contributed by atoms with E-state index in [2.05, 4.69) is 15.6 Å². The average Bonchev–Trinajstić information content (AvgIpc) is 3.05. The van der Waals surface area contributed by atoms with Gasteiger partial charge in [0.25, 0.3) is 0 Å². The molecule has 2 N–H and O–H groups in total. The van der Waals surface area contributed by atoms with Gasteiger partial charge in [-0.3, -0.25) is 9.59 Å². The van der Waals surface area contributed by atoms with Crippen molar-refractivity contribution in [1.29, 1.82) is 0 Å². The lowest BCUT2D eigenvalue weighted by Crippen LogP contribution is -2.36. The third-order valence-corrected chi connectivity index (χ3v) is 5.50. The number of carbonyl (C=O) groups excluding carboxylic acids is 2. The van der Waals surface area contributed by atoms with Crippen LogP contribution in [0.5, 0.6) is 0 Å². The Labute approximate surface area is 170 Å². The van der Waals surface area contributed by atoms with Gasteiger partial charge in [-0.25, -0.2) is 13.8 Å². The molecule has 0 radical (unpaired) electrons. The molecule has 2 aromatic carbocycles. The Balaban J connectivity index is 1.54. The molecule has 5 nitrogen and oxygen atoms in total. The number of hydrogen-bond donors (Lipinski definition) is 2. The fraction of sp³-hybridized carbons (Fsp3) is 0.190. The van der Waals surface area contributed by atoms with E-state index in [9.17, 15) is 18.4 Å². The number of amides is 2. The van der Waals surface area contributed by atoms with Gasteiger partial charge in [0.15, 0.2) is 0 Å². The summed E-state index contributed by atoms with van der Waals surface area (Å²) in [6, 6.07) is 10.4. The van der Waals surface area contributed by atoms with Crippen LogP contribution in [-0.2, 0) is 16.0 Å². The highest BCUT2D eigenvalue weighted by molar-refractivity contribution is 7.15. The van der Waals surface area contributed by atoms with Crippen LogP contribution in [0.3, 0.4) is 0 Å². The molecule has 150 valence electrons. The number of aryl methyl sites for hydroxylation is 2. The van der Waals surface area contributed by atoms with Crippen LogP contribution in [-0.4, -0.2) is 23.3 Å². The second-order valence-electron chi connectivity index (χ2n) is 6.46. The maximum atomic E-state index is 13.5. The van der Waals surface area contributed by atoms with E-state index >= 15 is 0 Å². The zero-order valence-corrected chi connectivity index (χ0v) is 16.7. The molecule has 0 aliphatic carbocycles. The average molecular weight is 415 g/mol. The van der Waals surface area contributed by atoms with E-state index in [0.29, 0.717) is 22.6 Å². The lowest BCUT2D eigenvalue weighted by Gasteiger charge is -2.07. The highest BCUT2D eigenvalue weighted by Crippen LogP contribution is 2.28. The Morgan fingerprint density at radius 1 is 1.07 bits per heavy atom. The van der Waals surface area contributed by atoms with E-state index in [-0.39, 0.29) is 18.0 Å². The highest BCUT2D eigenvalue weighted by Gasteiger charge is 2.15. The molecular weight excluding hydrogens is 396 g/mol. The van der Waals surface area contributed by atoms with Crippen LogP contribution in [0.4, 0.5) is 14.5 Å². The van der Waals surface area contributed by atoms with Crippen molar-refractivity contribution in [2.24, 2.45) is 0 Å². The molecule has 29 heavy (non-hydrogen) atoms. The maximum absolute atomic E-state index is 13.5. The standard InChI is InChI=1S/C21H19F2N3O2S/c1-12-6-7-16(11-17(12)23)26-20(28)19(27)24-9-8-18-13(2)25-21(29-18)14-4-3-5-15(22)10-14/h3-7,10-11H,8-9H2,1-2H3,(H,24,27)(H,26,28). The third kappa shape index (κ3) is 5.23. The number of hydrogen-bond acceptors (Lipinski definition) is 4. The third-order valence-electron chi connectivity index (χ3n) is 4.24. The van der Waals surface area contributed by atoms with Gasteiger partial charge in [0.2, 0.25) is 0 Å². The summed E-state index contributed by atoms with van der Waals surface area (Å²) in [7, 11) is 0. The zero-order chi connectivity index (χ0) is 21.0. The predicted molar refractivity (Wildman–Crippen MR) is 109 cm³/mol. The SMILES string of the molecule is Cc1ccc(NC(=O)C(=O)NCCc2sc(-c3cccc(F)c3)nc2C)cc1F. The van der Waals surface area contributed by atoms with Gasteiger partial charge in [0.1, 0.15) is 16.6 Å². The fourth-order valence-corrected chi connectivity index (χ4v) is 3.69. The quantitative estimate of drug-likeness (QED) is 0.619. The number of rotatable bonds is 5. The Bertz CT molecular complexity index is 1070. The molecule has 0 aliphatic rings. The molecule has 0 bridgehead atoms. The van der Waals surface area contributed by atoms with Crippen LogP contribution < -0.4 is 10.6 Å². The van der Waals surface area contributed by atoms with Crippen LogP contribution in [0.1, 0.15) is 16.1 Å². The molecule has 0 aliphatic heterocycles. The first-order valence-corrected chi connectivity index (χ1v) is 9.72. The van der Waals surface area contributed by atoms with Gasteiger partial charge in [-0.2, -0.15) is 0 Å². The van der Waals surface area contributed by atoms with Crippen LogP contribution in [0.25, 0.3) is 10.6 Å². The summed E-state index contributed by atoms with van der Waals surface area (Å²) >= 11 is 1.42. The summed E-state index contributed by atoms with van der Waals surface area (Å²) in [6.07, 6.45) is 0.483. The van der Waals surface area contributed by atoms with Crippen molar-refractivity contribution in [2.45, 2.75) is 20.3 Å². The molecule has 0 saturated heterocycles.